The van der Waals surface area contributed by atoms with Gasteiger partial charge in [0.1, 0.15) is 0 Å². The highest BCUT2D eigenvalue weighted by molar-refractivity contribution is 4.96. The van der Waals surface area contributed by atoms with E-state index in [1.54, 1.807) is 0 Å². The maximum absolute atomic E-state index is 9.30. The highest BCUT2D eigenvalue weighted by atomic mass is 16.3. The minimum absolute atomic E-state index is 0.227. The van der Waals surface area contributed by atoms with Gasteiger partial charge in [0.15, 0.2) is 0 Å². The van der Waals surface area contributed by atoms with Gasteiger partial charge in [0, 0.05) is 37.3 Å². The number of nitrogens with zero attached hydrogens (tertiary/aromatic N) is 2. The topological polar surface area (TPSA) is 26.7 Å². The van der Waals surface area contributed by atoms with Crippen LogP contribution in [0.5, 0.6) is 0 Å². The lowest BCUT2D eigenvalue weighted by Gasteiger charge is -2.52. The molecule has 3 nitrogen and oxygen atoms in total. The molecule has 19 heavy (non-hydrogen) atoms. The summed E-state index contributed by atoms with van der Waals surface area (Å²) in [4.78, 5) is 5.21. The van der Waals surface area contributed by atoms with Crippen molar-refractivity contribution in [3.8, 4) is 0 Å². The summed E-state index contributed by atoms with van der Waals surface area (Å²) in [6, 6.07) is 1.30. The Kier molecular flexibility index (Phi) is 5.27. The van der Waals surface area contributed by atoms with E-state index in [0.717, 1.165) is 19.0 Å². The Morgan fingerprint density at radius 3 is 2.32 bits per heavy atom. The molecule has 0 aromatic carbocycles. The zero-order chi connectivity index (χ0) is 13.9. The number of hydrogen-bond donors (Lipinski definition) is 1. The molecule has 2 fully saturated rings. The van der Waals surface area contributed by atoms with Crippen molar-refractivity contribution in [2.75, 3.05) is 26.7 Å². The fraction of sp³-hybridized carbons (Fsp3) is 1.00. The first-order chi connectivity index (χ1) is 9.04. The van der Waals surface area contributed by atoms with Crippen LogP contribution in [-0.4, -0.2) is 59.3 Å². The van der Waals surface area contributed by atoms with E-state index in [-0.39, 0.29) is 5.54 Å². The number of aliphatic hydroxyl groups excluding tert-OH is 1. The summed E-state index contributed by atoms with van der Waals surface area (Å²) < 4.78 is 0. The molecular weight excluding hydrogens is 236 g/mol. The molecule has 0 spiro atoms. The van der Waals surface area contributed by atoms with Crippen LogP contribution in [0.15, 0.2) is 0 Å². The van der Waals surface area contributed by atoms with E-state index in [4.69, 9.17) is 0 Å². The molecule has 1 saturated heterocycles. The Morgan fingerprint density at radius 2 is 1.74 bits per heavy atom. The molecule has 0 radical (unpaired) electrons. The van der Waals surface area contributed by atoms with Gasteiger partial charge in [0.2, 0.25) is 0 Å². The van der Waals surface area contributed by atoms with Gasteiger partial charge in [-0.05, 0) is 40.2 Å². The SMILES string of the molecule is CN1C(CCO)CN(C2CCCCCC2)CC1(C)C. The molecule has 0 aromatic heterocycles. The van der Waals surface area contributed by atoms with Gasteiger partial charge in [-0.25, -0.2) is 0 Å². The molecule has 0 amide bonds. The van der Waals surface area contributed by atoms with Gasteiger partial charge in [-0.2, -0.15) is 0 Å². The van der Waals surface area contributed by atoms with Crippen molar-refractivity contribution in [3.05, 3.63) is 0 Å². The van der Waals surface area contributed by atoms with Crippen LogP contribution in [0, 0.1) is 0 Å². The van der Waals surface area contributed by atoms with Crippen LogP contribution in [0.3, 0.4) is 0 Å². The lowest BCUT2D eigenvalue weighted by atomic mass is 9.92. The first kappa shape index (κ1) is 15.3. The highest BCUT2D eigenvalue weighted by Gasteiger charge is 2.39. The minimum Gasteiger partial charge on any atom is -0.396 e. The van der Waals surface area contributed by atoms with Crippen LogP contribution in [0.25, 0.3) is 0 Å². The summed E-state index contributed by atoms with van der Waals surface area (Å²) in [6.07, 6.45) is 9.33. The largest absolute Gasteiger partial charge is 0.396 e. The molecule has 112 valence electrons. The highest BCUT2D eigenvalue weighted by Crippen LogP contribution is 2.30. The number of aliphatic hydroxyl groups is 1. The summed E-state index contributed by atoms with van der Waals surface area (Å²) in [6.45, 7) is 7.32. The van der Waals surface area contributed by atoms with Gasteiger partial charge < -0.3 is 5.11 Å². The second-order valence-corrected chi connectivity index (χ2v) is 7.16. The Hall–Kier alpha value is -0.120. The number of likely N-dealkylation sites (N-methyl/N-ethyl adjacent to an activating group) is 1. The van der Waals surface area contributed by atoms with Gasteiger partial charge in [0.25, 0.3) is 0 Å². The van der Waals surface area contributed by atoms with Crippen molar-refractivity contribution >= 4 is 0 Å². The summed E-state index contributed by atoms with van der Waals surface area (Å²) in [5.74, 6) is 0. The monoisotopic (exact) mass is 268 g/mol. The van der Waals surface area contributed by atoms with Crippen LogP contribution < -0.4 is 0 Å². The fourth-order valence-corrected chi connectivity index (χ4v) is 3.90. The van der Waals surface area contributed by atoms with Gasteiger partial charge in [-0.3, -0.25) is 9.80 Å². The molecule has 1 saturated carbocycles. The Labute approximate surface area is 119 Å². The van der Waals surface area contributed by atoms with Crippen LogP contribution in [0.4, 0.5) is 0 Å². The molecule has 0 aromatic rings. The van der Waals surface area contributed by atoms with Crippen molar-refractivity contribution in [1.82, 2.24) is 9.80 Å². The molecule has 0 bridgehead atoms. The van der Waals surface area contributed by atoms with Crippen molar-refractivity contribution in [3.63, 3.8) is 0 Å². The first-order valence-electron chi connectivity index (χ1n) is 8.12. The zero-order valence-corrected chi connectivity index (χ0v) is 13.1. The van der Waals surface area contributed by atoms with E-state index in [9.17, 15) is 5.11 Å². The molecule has 1 unspecified atom stereocenters. The van der Waals surface area contributed by atoms with Crippen LogP contribution in [0.2, 0.25) is 0 Å². The van der Waals surface area contributed by atoms with Gasteiger partial charge in [0.05, 0.1) is 0 Å². The number of hydrogen-bond acceptors (Lipinski definition) is 3. The van der Waals surface area contributed by atoms with Gasteiger partial charge >= 0.3 is 0 Å². The lowest BCUT2D eigenvalue weighted by Crippen LogP contribution is -2.64. The van der Waals surface area contributed by atoms with E-state index >= 15 is 0 Å². The molecule has 1 heterocycles. The molecule has 3 heteroatoms. The van der Waals surface area contributed by atoms with Crippen LogP contribution in [-0.2, 0) is 0 Å². The molecular formula is C16H32N2O. The summed E-state index contributed by atoms with van der Waals surface area (Å²) >= 11 is 0. The van der Waals surface area contributed by atoms with E-state index < -0.39 is 0 Å². The zero-order valence-electron chi connectivity index (χ0n) is 13.1. The summed E-state index contributed by atoms with van der Waals surface area (Å²) in [5.41, 5.74) is 0.227. The van der Waals surface area contributed by atoms with Crippen LogP contribution in [0.1, 0.15) is 58.8 Å². The minimum atomic E-state index is 0.227. The van der Waals surface area contributed by atoms with E-state index in [1.165, 1.54) is 45.1 Å². The van der Waals surface area contributed by atoms with Gasteiger partial charge in [-0.1, -0.05) is 25.7 Å². The van der Waals surface area contributed by atoms with Gasteiger partial charge in [-0.15, -0.1) is 0 Å². The predicted octanol–water partition coefficient (Wildman–Crippen LogP) is 2.49. The van der Waals surface area contributed by atoms with Crippen molar-refractivity contribution < 1.29 is 5.11 Å². The quantitative estimate of drug-likeness (QED) is 0.797. The Balaban J connectivity index is 2.03. The van der Waals surface area contributed by atoms with E-state index in [0.29, 0.717) is 12.6 Å². The third-order valence-corrected chi connectivity index (χ3v) is 5.34. The maximum Gasteiger partial charge on any atom is 0.0446 e. The van der Waals surface area contributed by atoms with E-state index in [2.05, 4.69) is 30.7 Å². The molecule has 2 aliphatic rings. The van der Waals surface area contributed by atoms with Crippen LogP contribution >= 0.6 is 0 Å². The first-order valence-corrected chi connectivity index (χ1v) is 8.12. The summed E-state index contributed by atoms with van der Waals surface area (Å²) in [7, 11) is 2.23. The van der Waals surface area contributed by atoms with E-state index in [1.807, 2.05) is 0 Å². The Bertz CT molecular complexity index is 272. The Morgan fingerprint density at radius 1 is 1.11 bits per heavy atom. The third kappa shape index (κ3) is 3.71. The number of rotatable bonds is 3. The second kappa shape index (κ2) is 6.55. The van der Waals surface area contributed by atoms with Crippen molar-refractivity contribution in [1.29, 1.82) is 0 Å². The second-order valence-electron chi connectivity index (χ2n) is 7.16. The normalized spacial score (nSPS) is 31.3. The molecule has 2 rings (SSSR count). The molecule has 1 atom stereocenters. The maximum atomic E-state index is 9.30. The smallest absolute Gasteiger partial charge is 0.0446 e. The average molecular weight is 268 g/mol. The average Bonchev–Trinajstić information content (AvgIpc) is 2.63. The lowest BCUT2D eigenvalue weighted by molar-refractivity contribution is -0.0342. The summed E-state index contributed by atoms with van der Waals surface area (Å²) in [5, 5.41) is 9.30. The third-order valence-electron chi connectivity index (χ3n) is 5.34. The molecule has 1 N–H and O–H groups in total. The molecule has 1 aliphatic heterocycles. The fourth-order valence-electron chi connectivity index (χ4n) is 3.90. The predicted molar refractivity (Wildman–Crippen MR) is 80.4 cm³/mol. The number of piperazine rings is 1. The standard InChI is InChI=1S/C16H32N2O/c1-16(2)13-18(12-15(10-11-19)17(16)3)14-8-6-4-5-7-9-14/h14-15,19H,4-13H2,1-3H3. The molecule has 1 aliphatic carbocycles. The van der Waals surface area contributed by atoms with Crippen molar-refractivity contribution in [2.24, 2.45) is 0 Å². The van der Waals surface area contributed by atoms with Crippen molar-refractivity contribution in [2.45, 2.75) is 76.4 Å².